The quantitative estimate of drug-likeness (QED) is 0.542. The summed E-state index contributed by atoms with van der Waals surface area (Å²) in [6.45, 7) is 4.82. The fourth-order valence-electron chi connectivity index (χ4n) is 5.39. The molecule has 2 heterocycles. The largest absolute Gasteiger partial charge is 0.419 e. The van der Waals surface area contributed by atoms with Crippen LogP contribution in [0.15, 0.2) is 24.5 Å². The molecule has 1 saturated carbocycles. The number of halogens is 4. The molecule has 1 aromatic carbocycles. The number of alkyl halides is 3. The van der Waals surface area contributed by atoms with Crippen molar-refractivity contribution in [3.8, 4) is 0 Å². The first-order chi connectivity index (χ1) is 17.6. The number of hydrogen-bond acceptors (Lipinski definition) is 6. The number of hydrogen-bond donors (Lipinski definition) is 2. The SMILES string of the molecule is CC1CC(O)c2ncnc(N3CCN(C(=O)[C@H](CNCC4CC4)c4ccc(C(F)(F)F)c(F)c4)CC3)c21. The molecule has 2 aromatic rings. The van der Waals surface area contributed by atoms with Gasteiger partial charge >= 0.3 is 6.18 Å². The standard InChI is InChI=1S/C26H31F4N5O2/c1-15-10-21(36)23-22(15)24(33-14-32-23)34-6-8-35(9-7-34)25(37)18(13-31-12-16-2-3-16)17-4-5-19(20(27)11-17)26(28,29)30/h4-5,11,14-16,18,21,31,36H,2-3,6-10,12-13H2,1H3/t15?,18-,21?/m1/s1. The monoisotopic (exact) mass is 521 g/mol. The van der Waals surface area contributed by atoms with E-state index in [0.29, 0.717) is 44.2 Å². The number of carbonyl (C=O) groups is 1. The van der Waals surface area contributed by atoms with Crippen LogP contribution in [0.25, 0.3) is 0 Å². The lowest BCUT2D eigenvalue weighted by Crippen LogP contribution is -2.51. The van der Waals surface area contributed by atoms with Crippen LogP contribution in [0, 0.1) is 11.7 Å². The highest BCUT2D eigenvalue weighted by Gasteiger charge is 2.37. The van der Waals surface area contributed by atoms with Crippen LogP contribution >= 0.6 is 0 Å². The number of aliphatic hydroxyl groups excluding tert-OH is 1. The first-order valence-electron chi connectivity index (χ1n) is 12.8. The maximum absolute atomic E-state index is 14.4. The van der Waals surface area contributed by atoms with Crippen molar-refractivity contribution in [1.29, 1.82) is 0 Å². The van der Waals surface area contributed by atoms with Gasteiger partial charge in [0.2, 0.25) is 5.91 Å². The van der Waals surface area contributed by atoms with Gasteiger partial charge in [-0.1, -0.05) is 13.0 Å². The van der Waals surface area contributed by atoms with Crippen molar-refractivity contribution in [2.75, 3.05) is 44.2 Å². The van der Waals surface area contributed by atoms with Gasteiger partial charge in [-0.2, -0.15) is 13.2 Å². The Balaban J connectivity index is 1.31. The number of anilines is 1. The molecule has 1 aliphatic heterocycles. The van der Waals surface area contributed by atoms with Crippen molar-refractivity contribution in [2.24, 2.45) is 5.92 Å². The summed E-state index contributed by atoms with van der Waals surface area (Å²) in [4.78, 5) is 26.1. The minimum absolute atomic E-state index is 0.123. The van der Waals surface area contributed by atoms with Gasteiger partial charge in [-0.25, -0.2) is 14.4 Å². The number of nitrogens with one attached hydrogen (secondary N) is 1. The second-order valence-corrected chi connectivity index (χ2v) is 10.4. The van der Waals surface area contributed by atoms with Crippen molar-refractivity contribution >= 4 is 11.7 Å². The number of amides is 1. The number of benzene rings is 1. The zero-order valence-electron chi connectivity index (χ0n) is 20.6. The first kappa shape index (κ1) is 25.8. The third kappa shape index (κ3) is 5.43. The third-order valence-electron chi connectivity index (χ3n) is 7.65. The van der Waals surface area contributed by atoms with Gasteiger partial charge in [0.05, 0.1) is 23.3 Å². The zero-order valence-corrected chi connectivity index (χ0v) is 20.6. The van der Waals surface area contributed by atoms with Crippen LogP contribution in [-0.4, -0.2) is 65.2 Å². The molecular weight excluding hydrogens is 490 g/mol. The Morgan fingerprint density at radius 3 is 2.57 bits per heavy atom. The highest BCUT2D eigenvalue weighted by Crippen LogP contribution is 2.43. The minimum atomic E-state index is -4.79. The predicted molar refractivity (Wildman–Crippen MR) is 129 cm³/mol. The molecule has 37 heavy (non-hydrogen) atoms. The van der Waals surface area contributed by atoms with Gasteiger partial charge in [0.15, 0.2) is 0 Å². The van der Waals surface area contributed by atoms with Gasteiger partial charge in [-0.15, -0.1) is 0 Å². The molecule has 1 amide bonds. The topological polar surface area (TPSA) is 81.6 Å². The number of nitrogens with zero attached hydrogens (tertiary/aromatic N) is 4. The van der Waals surface area contributed by atoms with Gasteiger partial charge in [-0.05, 0) is 55.3 Å². The molecule has 0 radical (unpaired) electrons. The minimum Gasteiger partial charge on any atom is -0.387 e. The Morgan fingerprint density at radius 2 is 1.92 bits per heavy atom. The maximum atomic E-state index is 14.4. The smallest absolute Gasteiger partial charge is 0.387 e. The molecule has 7 nitrogen and oxygen atoms in total. The van der Waals surface area contributed by atoms with E-state index < -0.39 is 29.6 Å². The van der Waals surface area contributed by atoms with E-state index in [-0.39, 0.29) is 23.9 Å². The van der Waals surface area contributed by atoms with E-state index in [4.69, 9.17) is 0 Å². The molecule has 1 aromatic heterocycles. The Morgan fingerprint density at radius 1 is 1.19 bits per heavy atom. The van der Waals surface area contributed by atoms with Gasteiger partial charge < -0.3 is 20.2 Å². The van der Waals surface area contributed by atoms with Gasteiger partial charge in [0.1, 0.15) is 18.0 Å². The molecule has 2 aliphatic carbocycles. The summed E-state index contributed by atoms with van der Waals surface area (Å²) in [5.74, 6) is -0.951. The molecule has 3 atom stereocenters. The second kappa shape index (κ2) is 10.2. The Bertz CT molecular complexity index is 1150. The highest BCUT2D eigenvalue weighted by molar-refractivity contribution is 5.84. The van der Waals surface area contributed by atoms with Crippen molar-refractivity contribution in [2.45, 2.75) is 50.3 Å². The molecule has 1 saturated heterocycles. The van der Waals surface area contributed by atoms with Crippen LogP contribution < -0.4 is 10.2 Å². The van der Waals surface area contributed by atoms with Crippen molar-refractivity contribution in [1.82, 2.24) is 20.2 Å². The average molecular weight is 522 g/mol. The second-order valence-electron chi connectivity index (χ2n) is 10.4. The summed E-state index contributed by atoms with van der Waals surface area (Å²) in [7, 11) is 0. The fourth-order valence-corrected chi connectivity index (χ4v) is 5.39. The molecule has 0 bridgehead atoms. The number of aromatic nitrogens is 2. The van der Waals surface area contributed by atoms with Gasteiger partial charge in [0.25, 0.3) is 0 Å². The molecule has 0 spiro atoms. The lowest BCUT2D eigenvalue weighted by Gasteiger charge is -2.38. The van der Waals surface area contributed by atoms with E-state index in [2.05, 4.69) is 20.2 Å². The number of carbonyl (C=O) groups excluding carboxylic acids is 1. The number of fused-ring (bicyclic) bond motifs is 1. The van der Waals surface area contributed by atoms with Crippen molar-refractivity contribution in [3.63, 3.8) is 0 Å². The van der Waals surface area contributed by atoms with E-state index in [1.165, 1.54) is 12.4 Å². The average Bonchev–Trinajstić information content (AvgIpc) is 3.64. The summed E-state index contributed by atoms with van der Waals surface area (Å²) in [5, 5.41) is 13.6. The highest BCUT2D eigenvalue weighted by atomic mass is 19.4. The molecule has 2 N–H and O–H groups in total. The van der Waals surface area contributed by atoms with Crippen molar-refractivity contribution in [3.05, 3.63) is 52.7 Å². The van der Waals surface area contributed by atoms with Crippen molar-refractivity contribution < 1.29 is 27.5 Å². The summed E-state index contributed by atoms with van der Waals surface area (Å²) >= 11 is 0. The molecule has 11 heteroatoms. The van der Waals surface area contributed by atoms with Crippen LogP contribution in [0.5, 0.6) is 0 Å². The maximum Gasteiger partial charge on any atom is 0.419 e. The zero-order chi connectivity index (χ0) is 26.3. The predicted octanol–water partition coefficient (Wildman–Crippen LogP) is 3.61. The van der Waals surface area contributed by atoms with E-state index in [0.717, 1.165) is 42.9 Å². The van der Waals surface area contributed by atoms with Gasteiger partial charge in [0, 0.05) is 38.3 Å². The van der Waals surface area contributed by atoms with Crippen LogP contribution in [0.1, 0.15) is 66.5 Å². The number of aliphatic hydroxyl groups is 1. The van der Waals surface area contributed by atoms with E-state index in [1.54, 1.807) is 4.90 Å². The molecule has 2 unspecified atom stereocenters. The Kier molecular flexibility index (Phi) is 7.10. The number of rotatable bonds is 7. The summed E-state index contributed by atoms with van der Waals surface area (Å²) in [6, 6.07) is 2.77. The van der Waals surface area contributed by atoms with Gasteiger partial charge in [-0.3, -0.25) is 4.79 Å². The number of piperazine rings is 1. The third-order valence-corrected chi connectivity index (χ3v) is 7.65. The fraction of sp³-hybridized carbons (Fsp3) is 0.577. The first-order valence-corrected chi connectivity index (χ1v) is 12.8. The summed E-state index contributed by atoms with van der Waals surface area (Å²) < 4.78 is 53.6. The molecule has 2 fully saturated rings. The molecule has 200 valence electrons. The lowest BCUT2D eigenvalue weighted by molar-refractivity contribution is -0.140. The van der Waals surface area contributed by atoms with Crippen LogP contribution in [0.4, 0.5) is 23.4 Å². The molecule has 5 rings (SSSR count). The summed E-state index contributed by atoms with van der Waals surface area (Å²) in [6.07, 6.45) is -1.12. The van der Waals surface area contributed by atoms with E-state index in [9.17, 15) is 27.5 Å². The lowest BCUT2D eigenvalue weighted by atomic mass is 9.95. The Hall–Kier alpha value is -2.79. The van der Waals surface area contributed by atoms with E-state index in [1.807, 2.05) is 6.92 Å². The normalized spacial score (nSPS) is 22.8. The van der Waals surface area contributed by atoms with Crippen LogP contribution in [0.3, 0.4) is 0 Å². The molecule has 3 aliphatic rings. The summed E-state index contributed by atoms with van der Waals surface area (Å²) in [5.41, 5.74) is 0.496. The van der Waals surface area contributed by atoms with E-state index >= 15 is 0 Å². The Labute approximate surface area is 212 Å². The van der Waals surface area contributed by atoms with Crippen LogP contribution in [0.2, 0.25) is 0 Å². The molecular formula is C26H31F4N5O2. The van der Waals surface area contributed by atoms with Crippen LogP contribution in [-0.2, 0) is 11.0 Å².